The van der Waals surface area contributed by atoms with Gasteiger partial charge in [0.2, 0.25) is 7.37 Å². The third-order valence-corrected chi connectivity index (χ3v) is 4.51. The lowest BCUT2D eigenvalue weighted by atomic mass is 10.1. The van der Waals surface area contributed by atoms with Crippen molar-refractivity contribution in [1.82, 2.24) is 0 Å². The molecule has 2 atom stereocenters. The molecule has 0 saturated carbocycles. The van der Waals surface area contributed by atoms with Crippen molar-refractivity contribution in [3.05, 3.63) is 35.6 Å². The molecule has 2 nitrogen and oxygen atoms in total. The Labute approximate surface area is 108 Å². The van der Waals surface area contributed by atoms with Crippen LogP contribution in [-0.2, 0) is 4.57 Å². The predicted molar refractivity (Wildman–Crippen MR) is 55.9 cm³/mol. The lowest BCUT2D eigenvalue weighted by molar-refractivity contribution is -0.136. The van der Waals surface area contributed by atoms with Gasteiger partial charge in [-0.25, -0.2) is 4.39 Å². The highest BCUT2D eigenvalue weighted by atomic mass is 31.2. The topological polar surface area (TPSA) is 37.3 Å². The summed E-state index contributed by atoms with van der Waals surface area (Å²) in [6, 6.07) is 3.05. The fourth-order valence-corrected chi connectivity index (χ4v) is 3.47. The Morgan fingerprint density at radius 1 is 1.10 bits per heavy atom. The monoisotopic (exact) mass is 324 g/mol. The largest absolute Gasteiger partial charge is 0.404 e. The van der Waals surface area contributed by atoms with Crippen molar-refractivity contribution < 1.29 is 40.2 Å². The number of halogens is 7. The Morgan fingerprint density at radius 2 is 1.60 bits per heavy atom. The Morgan fingerprint density at radius 3 is 2.00 bits per heavy atom. The molecule has 20 heavy (non-hydrogen) atoms. The summed E-state index contributed by atoms with van der Waals surface area (Å²) >= 11 is 0. The van der Waals surface area contributed by atoms with E-state index in [1.165, 1.54) is 0 Å². The molecule has 10 heteroatoms. The first-order valence-electron chi connectivity index (χ1n) is 5.04. The summed E-state index contributed by atoms with van der Waals surface area (Å²) in [5, 5.41) is 0. The van der Waals surface area contributed by atoms with Crippen LogP contribution in [0.4, 0.5) is 30.7 Å². The maximum Gasteiger partial charge on any atom is 0.404 e. The van der Waals surface area contributed by atoms with Gasteiger partial charge in [-0.05, 0) is 6.07 Å². The second-order valence-corrected chi connectivity index (χ2v) is 6.34. The van der Waals surface area contributed by atoms with Crippen LogP contribution in [0.15, 0.2) is 24.3 Å². The molecular formula is C10H8F7O2P. The fraction of sp³-hybridized carbons (Fsp3) is 0.400. The number of benzene rings is 1. The average molecular weight is 324 g/mol. The molecule has 0 fully saturated rings. The van der Waals surface area contributed by atoms with Crippen LogP contribution < -0.4 is 0 Å². The minimum atomic E-state index is -5.78. The molecule has 0 aliphatic heterocycles. The molecule has 0 spiro atoms. The van der Waals surface area contributed by atoms with Gasteiger partial charge >= 0.3 is 12.4 Å². The molecule has 0 amide bonds. The highest BCUT2D eigenvalue weighted by molar-refractivity contribution is 7.58. The minimum Gasteiger partial charge on any atom is -0.343 e. The molecule has 0 aliphatic rings. The summed E-state index contributed by atoms with van der Waals surface area (Å²) < 4.78 is 99.5. The van der Waals surface area contributed by atoms with Crippen molar-refractivity contribution in [3.8, 4) is 0 Å². The van der Waals surface area contributed by atoms with Crippen LogP contribution in [0, 0.1) is 5.82 Å². The molecule has 1 rings (SSSR count). The third-order valence-electron chi connectivity index (χ3n) is 2.32. The summed E-state index contributed by atoms with van der Waals surface area (Å²) in [6.45, 7) is 0. The quantitative estimate of drug-likeness (QED) is 0.666. The summed E-state index contributed by atoms with van der Waals surface area (Å²) in [6.07, 6.45) is -13.3. The number of hydrogen-bond acceptors (Lipinski definition) is 1. The molecule has 1 aromatic carbocycles. The maximum atomic E-state index is 13.3. The van der Waals surface area contributed by atoms with Crippen LogP contribution in [0.25, 0.3) is 0 Å². The zero-order valence-electron chi connectivity index (χ0n) is 9.54. The van der Waals surface area contributed by atoms with E-state index in [1.54, 1.807) is 0 Å². The lowest BCUT2D eigenvalue weighted by Gasteiger charge is -2.26. The average Bonchev–Trinajstić information content (AvgIpc) is 2.14. The van der Waals surface area contributed by atoms with Crippen LogP contribution in [0.1, 0.15) is 11.2 Å². The van der Waals surface area contributed by atoms with Gasteiger partial charge in [0.1, 0.15) is 12.0 Å². The number of hydrogen-bond donors (Lipinski definition) is 1. The highest BCUT2D eigenvalue weighted by Crippen LogP contribution is 2.64. The van der Waals surface area contributed by atoms with Crippen molar-refractivity contribution in [2.75, 3.05) is 6.16 Å². The Kier molecular flexibility index (Phi) is 4.55. The molecule has 0 aliphatic carbocycles. The molecule has 0 radical (unpaired) electrons. The van der Waals surface area contributed by atoms with E-state index in [-0.39, 0.29) is 0 Å². The van der Waals surface area contributed by atoms with E-state index in [1.807, 2.05) is 0 Å². The maximum absolute atomic E-state index is 13.3. The number of alkyl halides is 6. The van der Waals surface area contributed by atoms with Crippen LogP contribution in [0.3, 0.4) is 0 Å². The molecule has 1 N–H and O–H groups in total. The first kappa shape index (κ1) is 17.0. The zero-order chi connectivity index (χ0) is 15.8. The molecule has 0 saturated heterocycles. The molecule has 0 heterocycles. The van der Waals surface area contributed by atoms with E-state index in [4.69, 9.17) is 0 Å². The Balaban J connectivity index is 3.36. The van der Waals surface area contributed by atoms with Crippen molar-refractivity contribution >= 4 is 7.37 Å². The Hall–Kier alpha value is -1.08. The molecule has 0 bridgehead atoms. The number of rotatable bonds is 3. The summed E-state index contributed by atoms with van der Waals surface area (Å²) in [5.41, 5.74) is -4.70. The molecule has 1 aromatic rings. The smallest absolute Gasteiger partial charge is 0.343 e. The standard InChI is InChI=1S/C10H8F7O2P/c11-7-4-2-1-3-6(7)8(10(15,16)17)20(18,19)5-9(12,13)14/h1-4,8H,5H2,(H,18,19). The summed E-state index contributed by atoms with van der Waals surface area (Å²) in [5.74, 6) is -1.49. The first-order valence-corrected chi connectivity index (χ1v) is 6.95. The van der Waals surface area contributed by atoms with Gasteiger partial charge < -0.3 is 4.89 Å². The van der Waals surface area contributed by atoms with Crippen LogP contribution in [0.2, 0.25) is 0 Å². The lowest BCUT2D eigenvalue weighted by Crippen LogP contribution is -2.26. The van der Waals surface area contributed by atoms with E-state index >= 15 is 0 Å². The predicted octanol–water partition coefficient (Wildman–Crippen LogP) is 4.26. The van der Waals surface area contributed by atoms with Gasteiger partial charge in [-0.2, -0.15) is 26.3 Å². The SMILES string of the molecule is O=P(O)(CC(F)(F)F)C(c1ccccc1F)C(F)(F)F. The van der Waals surface area contributed by atoms with Gasteiger partial charge in [-0.1, -0.05) is 18.2 Å². The molecule has 0 aromatic heterocycles. The van der Waals surface area contributed by atoms with E-state index in [9.17, 15) is 40.2 Å². The second-order valence-electron chi connectivity index (χ2n) is 3.99. The normalized spacial score (nSPS) is 17.6. The van der Waals surface area contributed by atoms with Crippen molar-refractivity contribution in [2.45, 2.75) is 18.0 Å². The van der Waals surface area contributed by atoms with Crippen molar-refractivity contribution in [2.24, 2.45) is 0 Å². The van der Waals surface area contributed by atoms with E-state index in [0.717, 1.165) is 12.1 Å². The molecule has 2 unspecified atom stereocenters. The van der Waals surface area contributed by atoms with Gasteiger partial charge in [0.05, 0.1) is 0 Å². The van der Waals surface area contributed by atoms with Gasteiger partial charge in [0, 0.05) is 5.56 Å². The first-order chi connectivity index (χ1) is 8.84. The van der Waals surface area contributed by atoms with Crippen LogP contribution in [-0.4, -0.2) is 23.4 Å². The summed E-state index contributed by atoms with van der Waals surface area (Å²) in [7, 11) is -5.78. The van der Waals surface area contributed by atoms with E-state index < -0.39 is 42.9 Å². The fourth-order valence-electron chi connectivity index (χ4n) is 1.67. The van der Waals surface area contributed by atoms with Gasteiger partial charge in [0.15, 0.2) is 5.66 Å². The van der Waals surface area contributed by atoms with Crippen LogP contribution >= 0.6 is 7.37 Å². The van der Waals surface area contributed by atoms with Crippen molar-refractivity contribution in [1.29, 1.82) is 0 Å². The second kappa shape index (κ2) is 5.37. The van der Waals surface area contributed by atoms with E-state index in [0.29, 0.717) is 12.1 Å². The van der Waals surface area contributed by atoms with Gasteiger partial charge in [0.25, 0.3) is 0 Å². The molecule has 114 valence electrons. The third kappa shape index (κ3) is 4.21. The van der Waals surface area contributed by atoms with Gasteiger partial charge in [-0.15, -0.1) is 0 Å². The van der Waals surface area contributed by atoms with Crippen LogP contribution in [0.5, 0.6) is 0 Å². The summed E-state index contributed by atoms with van der Waals surface area (Å²) in [4.78, 5) is 9.17. The van der Waals surface area contributed by atoms with E-state index in [2.05, 4.69) is 0 Å². The highest BCUT2D eigenvalue weighted by Gasteiger charge is 2.56. The zero-order valence-corrected chi connectivity index (χ0v) is 10.4. The molecular weight excluding hydrogens is 316 g/mol. The van der Waals surface area contributed by atoms with Crippen molar-refractivity contribution in [3.63, 3.8) is 0 Å². The Bertz CT molecular complexity index is 523. The minimum absolute atomic E-state index is 0.534. The van der Waals surface area contributed by atoms with Gasteiger partial charge in [-0.3, -0.25) is 4.57 Å².